The van der Waals surface area contributed by atoms with Gasteiger partial charge < -0.3 is 0 Å². The first-order valence-corrected chi connectivity index (χ1v) is 4.25. The molecular formula is C8H12N4. The standard InChI is InChI=1S/C8H12N4/c9-6-8(7-11-12-10)4-2-1-3-5-8/h1-5,7H2. The van der Waals surface area contributed by atoms with Crippen LogP contribution in [-0.4, -0.2) is 6.54 Å². The van der Waals surface area contributed by atoms with E-state index in [1.54, 1.807) is 0 Å². The molecular weight excluding hydrogens is 152 g/mol. The number of nitriles is 1. The third-order valence-electron chi connectivity index (χ3n) is 2.48. The minimum absolute atomic E-state index is 0.343. The lowest BCUT2D eigenvalue weighted by molar-refractivity contribution is 0.277. The van der Waals surface area contributed by atoms with Crippen molar-refractivity contribution in [3.8, 4) is 6.07 Å². The molecule has 0 amide bonds. The molecule has 0 aromatic carbocycles. The third-order valence-corrected chi connectivity index (χ3v) is 2.48. The van der Waals surface area contributed by atoms with E-state index in [1.165, 1.54) is 6.42 Å². The number of rotatable bonds is 2. The fourth-order valence-electron chi connectivity index (χ4n) is 1.70. The van der Waals surface area contributed by atoms with E-state index in [2.05, 4.69) is 16.1 Å². The summed E-state index contributed by atoms with van der Waals surface area (Å²) in [7, 11) is 0. The number of hydrogen-bond acceptors (Lipinski definition) is 2. The van der Waals surface area contributed by atoms with Crippen molar-refractivity contribution < 1.29 is 0 Å². The van der Waals surface area contributed by atoms with Crippen molar-refractivity contribution in [3.63, 3.8) is 0 Å². The second-order valence-electron chi connectivity index (χ2n) is 3.34. The van der Waals surface area contributed by atoms with E-state index < -0.39 is 0 Å². The molecule has 1 aliphatic carbocycles. The van der Waals surface area contributed by atoms with Crippen molar-refractivity contribution >= 4 is 0 Å². The van der Waals surface area contributed by atoms with Gasteiger partial charge in [-0.15, -0.1) is 0 Å². The summed E-state index contributed by atoms with van der Waals surface area (Å²) >= 11 is 0. The normalized spacial score (nSPS) is 20.6. The Kier molecular flexibility index (Phi) is 2.95. The molecule has 64 valence electrons. The average molecular weight is 164 g/mol. The summed E-state index contributed by atoms with van der Waals surface area (Å²) in [6.07, 6.45) is 5.17. The van der Waals surface area contributed by atoms with Crippen molar-refractivity contribution in [1.82, 2.24) is 0 Å². The first-order valence-electron chi connectivity index (χ1n) is 4.25. The van der Waals surface area contributed by atoms with Crippen LogP contribution in [0.2, 0.25) is 0 Å². The number of azide groups is 1. The lowest BCUT2D eigenvalue weighted by Gasteiger charge is -2.28. The first kappa shape index (κ1) is 8.89. The molecule has 0 N–H and O–H groups in total. The van der Waals surface area contributed by atoms with Crippen LogP contribution >= 0.6 is 0 Å². The van der Waals surface area contributed by atoms with E-state index in [1.807, 2.05) is 0 Å². The van der Waals surface area contributed by atoms with Crippen molar-refractivity contribution in [2.24, 2.45) is 10.5 Å². The second-order valence-corrected chi connectivity index (χ2v) is 3.34. The largest absolute Gasteiger partial charge is 0.198 e. The van der Waals surface area contributed by atoms with Gasteiger partial charge in [-0.1, -0.05) is 24.4 Å². The molecule has 12 heavy (non-hydrogen) atoms. The van der Waals surface area contributed by atoms with E-state index in [-0.39, 0.29) is 5.41 Å². The second kappa shape index (κ2) is 3.99. The van der Waals surface area contributed by atoms with Gasteiger partial charge in [0.2, 0.25) is 0 Å². The summed E-state index contributed by atoms with van der Waals surface area (Å²) in [6.45, 7) is 0.347. The highest BCUT2D eigenvalue weighted by molar-refractivity contribution is 5.01. The van der Waals surface area contributed by atoms with Crippen LogP contribution in [0.1, 0.15) is 32.1 Å². The quantitative estimate of drug-likeness (QED) is 0.351. The molecule has 4 nitrogen and oxygen atoms in total. The van der Waals surface area contributed by atoms with Gasteiger partial charge in [0.1, 0.15) is 0 Å². The van der Waals surface area contributed by atoms with E-state index in [0.29, 0.717) is 6.54 Å². The third kappa shape index (κ3) is 1.90. The fraction of sp³-hybridized carbons (Fsp3) is 0.875. The van der Waals surface area contributed by atoms with Crippen LogP contribution in [0.4, 0.5) is 0 Å². The maximum Gasteiger partial charge on any atom is 0.0691 e. The van der Waals surface area contributed by atoms with Gasteiger partial charge in [0.15, 0.2) is 0 Å². The van der Waals surface area contributed by atoms with Gasteiger partial charge in [-0.2, -0.15) is 5.26 Å². The van der Waals surface area contributed by atoms with Crippen molar-refractivity contribution in [1.29, 1.82) is 5.26 Å². The predicted octanol–water partition coefficient (Wildman–Crippen LogP) is 2.77. The number of hydrogen-bond donors (Lipinski definition) is 0. The van der Waals surface area contributed by atoms with Crippen LogP contribution in [0.3, 0.4) is 0 Å². The molecule has 0 aromatic heterocycles. The van der Waals surface area contributed by atoms with Crippen LogP contribution in [0, 0.1) is 16.7 Å². The maximum absolute atomic E-state index is 8.93. The average Bonchev–Trinajstić information content (AvgIpc) is 2.16. The molecule has 0 aromatic rings. The van der Waals surface area contributed by atoms with E-state index in [0.717, 1.165) is 25.7 Å². The first-order chi connectivity index (χ1) is 5.83. The van der Waals surface area contributed by atoms with E-state index in [4.69, 9.17) is 10.8 Å². The van der Waals surface area contributed by atoms with Gasteiger partial charge in [-0.3, -0.25) is 0 Å². The van der Waals surface area contributed by atoms with Crippen molar-refractivity contribution in [3.05, 3.63) is 10.4 Å². The summed E-state index contributed by atoms with van der Waals surface area (Å²) in [5, 5.41) is 12.4. The Morgan fingerprint density at radius 3 is 2.58 bits per heavy atom. The summed E-state index contributed by atoms with van der Waals surface area (Å²) in [5.74, 6) is 0. The zero-order valence-electron chi connectivity index (χ0n) is 7.03. The molecule has 0 heterocycles. The highest BCUT2D eigenvalue weighted by Crippen LogP contribution is 2.35. The minimum Gasteiger partial charge on any atom is -0.198 e. The van der Waals surface area contributed by atoms with Crippen molar-refractivity contribution in [2.75, 3.05) is 6.54 Å². The van der Waals surface area contributed by atoms with Gasteiger partial charge >= 0.3 is 0 Å². The van der Waals surface area contributed by atoms with Gasteiger partial charge in [-0.05, 0) is 18.4 Å². The van der Waals surface area contributed by atoms with Gasteiger partial charge in [0, 0.05) is 11.5 Å². The summed E-state index contributed by atoms with van der Waals surface area (Å²) in [6, 6.07) is 2.29. The molecule has 0 aliphatic heterocycles. The maximum atomic E-state index is 8.93. The molecule has 1 rings (SSSR count). The molecule has 1 fully saturated rings. The molecule has 4 heteroatoms. The minimum atomic E-state index is -0.343. The molecule has 0 spiro atoms. The van der Waals surface area contributed by atoms with Crippen molar-refractivity contribution in [2.45, 2.75) is 32.1 Å². The Bertz CT molecular complexity index is 228. The highest BCUT2D eigenvalue weighted by atomic mass is 15.1. The molecule has 0 bridgehead atoms. The lowest BCUT2D eigenvalue weighted by atomic mass is 9.75. The Balaban J connectivity index is 2.61. The smallest absolute Gasteiger partial charge is 0.0691 e. The zero-order chi connectivity index (χ0) is 8.86. The molecule has 1 aliphatic rings. The monoisotopic (exact) mass is 164 g/mol. The Morgan fingerprint density at radius 1 is 1.42 bits per heavy atom. The van der Waals surface area contributed by atoms with Crippen LogP contribution in [0.25, 0.3) is 10.4 Å². The summed E-state index contributed by atoms with van der Waals surface area (Å²) < 4.78 is 0. The van der Waals surface area contributed by atoms with Gasteiger partial charge in [0.05, 0.1) is 11.5 Å². The predicted molar refractivity (Wildman–Crippen MR) is 45.1 cm³/mol. The Morgan fingerprint density at radius 2 is 2.08 bits per heavy atom. The van der Waals surface area contributed by atoms with Gasteiger partial charge in [0.25, 0.3) is 0 Å². The molecule has 1 saturated carbocycles. The Hall–Kier alpha value is -1.20. The zero-order valence-corrected chi connectivity index (χ0v) is 7.03. The SMILES string of the molecule is N#CC1(CN=[N+]=[N-])CCCCC1. The van der Waals surface area contributed by atoms with Gasteiger partial charge in [-0.25, -0.2) is 0 Å². The lowest BCUT2D eigenvalue weighted by Crippen LogP contribution is -2.25. The highest BCUT2D eigenvalue weighted by Gasteiger charge is 2.30. The van der Waals surface area contributed by atoms with Crippen LogP contribution in [0.5, 0.6) is 0 Å². The molecule has 0 radical (unpaired) electrons. The number of nitrogens with zero attached hydrogens (tertiary/aromatic N) is 4. The van der Waals surface area contributed by atoms with Crippen LogP contribution < -0.4 is 0 Å². The molecule has 0 unspecified atom stereocenters. The van der Waals surface area contributed by atoms with E-state index in [9.17, 15) is 0 Å². The Labute approximate surface area is 71.8 Å². The van der Waals surface area contributed by atoms with Crippen LogP contribution in [0.15, 0.2) is 5.11 Å². The molecule has 0 atom stereocenters. The van der Waals surface area contributed by atoms with Crippen LogP contribution in [-0.2, 0) is 0 Å². The van der Waals surface area contributed by atoms with E-state index >= 15 is 0 Å². The summed E-state index contributed by atoms with van der Waals surface area (Å²) in [5.41, 5.74) is 7.81. The fourth-order valence-corrected chi connectivity index (χ4v) is 1.70. The molecule has 0 saturated heterocycles. The topological polar surface area (TPSA) is 72.5 Å². The summed E-state index contributed by atoms with van der Waals surface area (Å²) in [4.78, 5) is 2.70.